The normalized spacial score (nSPS) is 18.1. The van der Waals surface area contributed by atoms with Gasteiger partial charge in [0.15, 0.2) is 5.82 Å². The lowest BCUT2D eigenvalue weighted by molar-refractivity contribution is 0.0622. The average Bonchev–Trinajstić information content (AvgIpc) is 2.42. The van der Waals surface area contributed by atoms with Crippen molar-refractivity contribution in [2.24, 2.45) is 11.8 Å². The number of hydrogen-bond donors (Lipinski definition) is 3. The summed E-state index contributed by atoms with van der Waals surface area (Å²) in [7, 11) is 0. The van der Waals surface area contributed by atoms with Crippen LogP contribution >= 0.6 is 23.2 Å². The Morgan fingerprint density at radius 1 is 1.32 bits per heavy atom. The van der Waals surface area contributed by atoms with Gasteiger partial charge >= 0.3 is 0 Å². The fraction of sp³-hybridized carbons (Fsp3) is 0.583. The van der Waals surface area contributed by atoms with Crippen molar-refractivity contribution in [2.45, 2.75) is 25.8 Å². The van der Waals surface area contributed by atoms with Gasteiger partial charge in [0.25, 0.3) is 0 Å². The summed E-state index contributed by atoms with van der Waals surface area (Å²) < 4.78 is 5.36. The van der Waals surface area contributed by atoms with E-state index in [-0.39, 0.29) is 6.04 Å². The Bertz CT molecular complexity index is 438. The molecule has 0 saturated carbocycles. The number of aromatic nitrogens is 1. The van der Waals surface area contributed by atoms with Crippen molar-refractivity contribution < 1.29 is 4.74 Å². The van der Waals surface area contributed by atoms with Crippen LogP contribution in [-0.2, 0) is 4.74 Å². The molecule has 1 aliphatic heterocycles. The second-order valence-electron chi connectivity index (χ2n) is 4.68. The van der Waals surface area contributed by atoms with E-state index >= 15 is 0 Å². The average molecular weight is 305 g/mol. The summed E-state index contributed by atoms with van der Waals surface area (Å²) in [6.07, 6.45) is 2.09. The summed E-state index contributed by atoms with van der Waals surface area (Å²) >= 11 is 12.1. The fourth-order valence-corrected chi connectivity index (χ4v) is 2.69. The first-order valence-corrected chi connectivity index (χ1v) is 7.04. The van der Waals surface area contributed by atoms with Gasteiger partial charge in [0.2, 0.25) is 0 Å². The first-order valence-electron chi connectivity index (χ1n) is 6.28. The number of nitrogens with one attached hydrogen (secondary N) is 2. The minimum atomic E-state index is 0.265. The van der Waals surface area contributed by atoms with E-state index in [1.165, 1.54) is 0 Å². The van der Waals surface area contributed by atoms with Crippen LogP contribution in [0.4, 0.5) is 11.6 Å². The van der Waals surface area contributed by atoms with Crippen LogP contribution in [0.15, 0.2) is 6.07 Å². The molecule has 4 N–H and O–H groups in total. The molecule has 1 atom stereocenters. The molecule has 1 fully saturated rings. The van der Waals surface area contributed by atoms with Gasteiger partial charge < -0.3 is 15.5 Å². The standard InChI is InChI=1S/C12H18Cl2N4O/c1-7(8-2-4-19-5-3-8)16-11-9(13)6-10(14)12(17-11)18-15/h6-8H,2-5,15H2,1H3,(H2,16,17,18). The van der Waals surface area contributed by atoms with E-state index in [1.807, 2.05) is 0 Å². The molecule has 2 rings (SSSR count). The molecule has 1 aliphatic rings. The van der Waals surface area contributed by atoms with Gasteiger partial charge in [-0.3, -0.25) is 0 Å². The first kappa shape index (κ1) is 14.7. The number of nitrogens with zero attached hydrogens (tertiary/aromatic N) is 1. The number of hydrazine groups is 1. The number of pyridine rings is 1. The van der Waals surface area contributed by atoms with Gasteiger partial charge in [0.05, 0.1) is 10.0 Å². The van der Waals surface area contributed by atoms with Gasteiger partial charge in [-0.05, 0) is 31.7 Å². The predicted molar refractivity (Wildman–Crippen MR) is 78.7 cm³/mol. The number of hydrogen-bond acceptors (Lipinski definition) is 5. The SMILES string of the molecule is CC(Nc1nc(NN)c(Cl)cc1Cl)C1CCOCC1. The van der Waals surface area contributed by atoms with Crippen LogP contribution in [0, 0.1) is 5.92 Å². The van der Waals surface area contributed by atoms with Gasteiger partial charge in [-0.2, -0.15) is 0 Å². The lowest BCUT2D eigenvalue weighted by Crippen LogP contribution is -2.31. The van der Waals surface area contributed by atoms with Crippen molar-refractivity contribution in [2.75, 3.05) is 24.0 Å². The van der Waals surface area contributed by atoms with Crippen LogP contribution in [0.25, 0.3) is 0 Å². The van der Waals surface area contributed by atoms with E-state index in [0.29, 0.717) is 27.6 Å². The van der Waals surface area contributed by atoms with Gasteiger partial charge in [0, 0.05) is 19.3 Å². The zero-order valence-corrected chi connectivity index (χ0v) is 12.3. The largest absolute Gasteiger partial charge is 0.381 e. The third-order valence-electron chi connectivity index (χ3n) is 3.40. The topological polar surface area (TPSA) is 72.2 Å². The number of nitrogens with two attached hydrogens (primary N) is 1. The summed E-state index contributed by atoms with van der Waals surface area (Å²) in [5.41, 5.74) is 2.45. The van der Waals surface area contributed by atoms with Crippen molar-refractivity contribution in [3.63, 3.8) is 0 Å². The molecular formula is C12H18Cl2N4O. The molecule has 0 aromatic carbocycles. The van der Waals surface area contributed by atoms with Crippen LogP contribution in [-0.4, -0.2) is 24.2 Å². The highest BCUT2D eigenvalue weighted by atomic mass is 35.5. The number of nitrogen functional groups attached to an aromatic ring is 1. The molecule has 19 heavy (non-hydrogen) atoms. The molecular weight excluding hydrogens is 287 g/mol. The molecule has 1 aromatic heterocycles. The fourth-order valence-electron chi connectivity index (χ4n) is 2.22. The smallest absolute Gasteiger partial charge is 0.161 e. The minimum Gasteiger partial charge on any atom is -0.381 e. The number of halogens is 2. The molecule has 0 aliphatic carbocycles. The Morgan fingerprint density at radius 3 is 2.58 bits per heavy atom. The monoisotopic (exact) mass is 304 g/mol. The van der Waals surface area contributed by atoms with Gasteiger partial charge in [0.1, 0.15) is 5.82 Å². The second-order valence-corrected chi connectivity index (χ2v) is 5.49. The molecule has 7 heteroatoms. The van der Waals surface area contributed by atoms with E-state index in [2.05, 4.69) is 22.7 Å². The summed E-state index contributed by atoms with van der Waals surface area (Å²) in [5.74, 6) is 6.92. The van der Waals surface area contributed by atoms with Crippen molar-refractivity contribution >= 4 is 34.8 Å². The van der Waals surface area contributed by atoms with Crippen molar-refractivity contribution in [3.8, 4) is 0 Å². The summed E-state index contributed by atoms with van der Waals surface area (Å²) in [6, 6.07) is 1.89. The molecule has 0 spiro atoms. The highest BCUT2D eigenvalue weighted by molar-refractivity contribution is 6.37. The molecule has 1 aromatic rings. The molecule has 5 nitrogen and oxygen atoms in total. The Kier molecular flexibility index (Phi) is 5.10. The lowest BCUT2D eigenvalue weighted by atomic mass is 9.93. The Morgan fingerprint density at radius 2 is 1.95 bits per heavy atom. The zero-order chi connectivity index (χ0) is 13.8. The van der Waals surface area contributed by atoms with E-state index in [9.17, 15) is 0 Å². The van der Waals surface area contributed by atoms with Crippen LogP contribution < -0.4 is 16.6 Å². The summed E-state index contributed by atoms with van der Waals surface area (Å²) in [4.78, 5) is 4.28. The number of ether oxygens (including phenoxy) is 1. The van der Waals surface area contributed by atoms with Gasteiger partial charge in [-0.25, -0.2) is 10.8 Å². The number of anilines is 2. The van der Waals surface area contributed by atoms with Crippen molar-refractivity contribution in [1.82, 2.24) is 4.98 Å². The van der Waals surface area contributed by atoms with E-state index in [4.69, 9.17) is 33.8 Å². The van der Waals surface area contributed by atoms with Gasteiger partial charge in [-0.1, -0.05) is 23.2 Å². The quantitative estimate of drug-likeness (QED) is 0.589. The molecule has 0 bridgehead atoms. The maximum absolute atomic E-state index is 6.14. The van der Waals surface area contributed by atoms with Crippen LogP contribution in [0.3, 0.4) is 0 Å². The third kappa shape index (κ3) is 3.63. The molecule has 106 valence electrons. The summed E-state index contributed by atoms with van der Waals surface area (Å²) in [6.45, 7) is 3.75. The highest BCUT2D eigenvalue weighted by Crippen LogP contribution is 2.30. The molecule has 0 amide bonds. The molecule has 0 radical (unpaired) electrons. The maximum atomic E-state index is 6.14. The Hall–Kier alpha value is -0.750. The van der Waals surface area contributed by atoms with Crippen molar-refractivity contribution in [3.05, 3.63) is 16.1 Å². The minimum absolute atomic E-state index is 0.265. The maximum Gasteiger partial charge on any atom is 0.161 e. The molecule has 2 heterocycles. The Balaban J connectivity index is 2.09. The second kappa shape index (κ2) is 6.61. The van der Waals surface area contributed by atoms with Crippen molar-refractivity contribution in [1.29, 1.82) is 0 Å². The highest BCUT2D eigenvalue weighted by Gasteiger charge is 2.21. The first-order chi connectivity index (χ1) is 9.11. The lowest BCUT2D eigenvalue weighted by Gasteiger charge is -2.29. The van der Waals surface area contributed by atoms with Crippen LogP contribution in [0.2, 0.25) is 10.0 Å². The number of rotatable bonds is 4. The van der Waals surface area contributed by atoms with Crippen LogP contribution in [0.1, 0.15) is 19.8 Å². The Labute approximate surface area is 122 Å². The predicted octanol–water partition coefficient (Wildman–Crippen LogP) is 2.90. The molecule has 1 saturated heterocycles. The van der Waals surface area contributed by atoms with Gasteiger partial charge in [-0.15, -0.1) is 0 Å². The third-order valence-corrected chi connectivity index (χ3v) is 3.98. The van der Waals surface area contributed by atoms with Crippen LogP contribution in [0.5, 0.6) is 0 Å². The molecule has 1 unspecified atom stereocenters. The van der Waals surface area contributed by atoms with E-state index in [1.54, 1.807) is 6.07 Å². The van der Waals surface area contributed by atoms with E-state index in [0.717, 1.165) is 26.1 Å². The zero-order valence-electron chi connectivity index (χ0n) is 10.7. The summed E-state index contributed by atoms with van der Waals surface area (Å²) in [5, 5.41) is 4.22. The van der Waals surface area contributed by atoms with E-state index < -0.39 is 0 Å².